The molecule has 0 atom stereocenters. The third-order valence-electron chi connectivity index (χ3n) is 4.34. The van der Waals surface area contributed by atoms with Crippen LogP contribution >= 0.6 is 35.0 Å². The molecule has 0 aliphatic carbocycles. The van der Waals surface area contributed by atoms with Crippen LogP contribution in [-0.2, 0) is 4.79 Å². The molecule has 1 aromatic heterocycles. The number of benzene rings is 2. The van der Waals surface area contributed by atoms with Crippen LogP contribution in [0.4, 0.5) is 0 Å². The van der Waals surface area contributed by atoms with Gasteiger partial charge in [-0.15, -0.1) is 0 Å². The molecule has 0 saturated heterocycles. The van der Waals surface area contributed by atoms with E-state index >= 15 is 0 Å². The van der Waals surface area contributed by atoms with Crippen LogP contribution in [0.1, 0.15) is 32.1 Å². The summed E-state index contributed by atoms with van der Waals surface area (Å²) in [6.07, 6.45) is 3.86. The molecule has 2 aromatic carbocycles. The highest BCUT2D eigenvalue weighted by atomic mass is 35.5. The van der Waals surface area contributed by atoms with Gasteiger partial charge in [0, 0.05) is 33.3 Å². The van der Waals surface area contributed by atoms with Crippen molar-refractivity contribution in [2.75, 3.05) is 5.75 Å². The third-order valence-corrected chi connectivity index (χ3v) is 5.76. The number of carbonyl (C=O) groups is 1. The Hall–Kier alpha value is -1.95. The minimum absolute atomic E-state index is 0.238. The molecule has 29 heavy (non-hydrogen) atoms. The van der Waals surface area contributed by atoms with Gasteiger partial charge in [-0.2, -0.15) is 0 Å². The first-order chi connectivity index (χ1) is 14.0. The fourth-order valence-corrected chi connectivity index (χ4v) is 3.93. The average molecular weight is 450 g/mol. The summed E-state index contributed by atoms with van der Waals surface area (Å²) in [4.78, 5) is 15.2. The first-order valence-corrected chi connectivity index (χ1v) is 11.1. The molecular formula is C22H21Cl2NO3S. The number of hydrogen-bond donors (Lipinski definition) is 1. The Kier molecular flexibility index (Phi) is 8.04. The maximum Gasteiger partial charge on any atom is 0.303 e. The van der Waals surface area contributed by atoms with E-state index < -0.39 is 5.97 Å². The van der Waals surface area contributed by atoms with Gasteiger partial charge in [0.2, 0.25) is 0 Å². The van der Waals surface area contributed by atoms with E-state index in [1.54, 1.807) is 11.8 Å². The van der Waals surface area contributed by atoms with Crippen LogP contribution in [0, 0.1) is 0 Å². The molecule has 1 N–H and O–H groups in total. The summed E-state index contributed by atoms with van der Waals surface area (Å²) in [5, 5.41) is 10.6. The normalized spacial score (nSPS) is 11.0. The summed E-state index contributed by atoms with van der Waals surface area (Å²) < 4.78 is 6.08. The molecule has 0 unspecified atom stereocenters. The molecule has 3 rings (SSSR count). The van der Waals surface area contributed by atoms with E-state index in [1.165, 1.54) is 0 Å². The number of carboxylic acid groups (broad SMARTS) is 1. The molecule has 7 heteroatoms. The first-order valence-electron chi connectivity index (χ1n) is 9.40. The van der Waals surface area contributed by atoms with Gasteiger partial charge in [0.05, 0.1) is 0 Å². The third kappa shape index (κ3) is 6.53. The zero-order valence-corrected chi connectivity index (χ0v) is 18.1. The fraction of sp³-hybridized carbons (Fsp3) is 0.273. The maximum absolute atomic E-state index is 10.5. The fourth-order valence-electron chi connectivity index (χ4n) is 2.85. The molecule has 3 aromatic rings. The van der Waals surface area contributed by atoms with Crippen LogP contribution in [0.2, 0.25) is 10.0 Å². The minimum Gasteiger partial charge on any atom is -0.481 e. The lowest BCUT2D eigenvalue weighted by Gasteiger charge is -2.02. The van der Waals surface area contributed by atoms with Crippen LogP contribution in [0.15, 0.2) is 58.2 Å². The Morgan fingerprint density at radius 2 is 1.48 bits per heavy atom. The Labute approximate surface area is 184 Å². The van der Waals surface area contributed by atoms with Crippen LogP contribution in [0.3, 0.4) is 0 Å². The molecule has 4 nitrogen and oxygen atoms in total. The van der Waals surface area contributed by atoms with E-state index in [0.29, 0.717) is 21.0 Å². The lowest BCUT2D eigenvalue weighted by molar-refractivity contribution is -0.137. The lowest BCUT2D eigenvalue weighted by Crippen LogP contribution is -1.93. The monoisotopic (exact) mass is 449 g/mol. The van der Waals surface area contributed by atoms with Gasteiger partial charge in [-0.3, -0.25) is 4.79 Å². The van der Waals surface area contributed by atoms with Gasteiger partial charge >= 0.3 is 5.97 Å². The van der Waals surface area contributed by atoms with E-state index in [4.69, 9.17) is 37.7 Å². The Bertz CT molecular complexity index is 877. The van der Waals surface area contributed by atoms with E-state index in [-0.39, 0.29) is 6.42 Å². The van der Waals surface area contributed by atoms with Crippen molar-refractivity contribution in [3.05, 3.63) is 58.6 Å². The van der Waals surface area contributed by atoms with Gasteiger partial charge in [0.15, 0.2) is 5.76 Å². The van der Waals surface area contributed by atoms with Crippen molar-refractivity contribution >= 4 is 40.9 Å². The van der Waals surface area contributed by atoms with Gasteiger partial charge in [0.25, 0.3) is 5.22 Å². The largest absolute Gasteiger partial charge is 0.481 e. The van der Waals surface area contributed by atoms with Crippen LogP contribution < -0.4 is 0 Å². The standard InChI is InChI=1S/C22H21Cl2NO3S/c23-17-10-6-15(7-11-17)20-21(16-8-12-18(24)13-9-16)28-22(25-20)29-14-4-2-1-3-5-19(26)27/h6-13H,1-5,14H2,(H,26,27). The molecule has 1 heterocycles. The van der Waals surface area contributed by atoms with Crippen molar-refractivity contribution in [1.82, 2.24) is 4.98 Å². The van der Waals surface area contributed by atoms with E-state index in [1.807, 2.05) is 48.5 Å². The van der Waals surface area contributed by atoms with Crippen molar-refractivity contribution in [3.8, 4) is 22.6 Å². The van der Waals surface area contributed by atoms with Gasteiger partial charge < -0.3 is 9.52 Å². The molecular weight excluding hydrogens is 429 g/mol. The number of carboxylic acids is 1. The quantitative estimate of drug-likeness (QED) is 0.257. The number of unbranched alkanes of at least 4 members (excludes halogenated alkanes) is 3. The van der Waals surface area contributed by atoms with Gasteiger partial charge in [-0.1, -0.05) is 59.9 Å². The number of hydrogen-bond acceptors (Lipinski definition) is 4. The number of oxazole rings is 1. The molecule has 0 spiro atoms. The maximum atomic E-state index is 10.5. The topological polar surface area (TPSA) is 63.3 Å². The minimum atomic E-state index is -0.733. The average Bonchev–Trinajstić information content (AvgIpc) is 3.12. The second-order valence-electron chi connectivity index (χ2n) is 6.58. The molecule has 0 saturated carbocycles. The number of aromatic nitrogens is 1. The zero-order valence-electron chi connectivity index (χ0n) is 15.7. The summed E-state index contributed by atoms with van der Waals surface area (Å²) in [5.74, 6) is 0.838. The predicted octanol–water partition coefficient (Wildman–Crippen LogP) is 7.44. The first kappa shape index (κ1) is 21.8. The molecule has 0 radical (unpaired) electrons. The van der Waals surface area contributed by atoms with Crippen molar-refractivity contribution < 1.29 is 14.3 Å². The molecule has 152 valence electrons. The number of thioether (sulfide) groups is 1. The highest BCUT2D eigenvalue weighted by molar-refractivity contribution is 7.99. The summed E-state index contributed by atoms with van der Waals surface area (Å²) in [6, 6.07) is 15.0. The smallest absolute Gasteiger partial charge is 0.303 e. The van der Waals surface area contributed by atoms with Gasteiger partial charge in [-0.25, -0.2) is 4.98 Å². The number of aliphatic carboxylic acids is 1. The van der Waals surface area contributed by atoms with Crippen LogP contribution in [0.25, 0.3) is 22.6 Å². The summed E-state index contributed by atoms with van der Waals surface area (Å²) in [6.45, 7) is 0. The van der Waals surface area contributed by atoms with Crippen molar-refractivity contribution in [3.63, 3.8) is 0 Å². The van der Waals surface area contributed by atoms with Crippen LogP contribution in [-0.4, -0.2) is 21.8 Å². The lowest BCUT2D eigenvalue weighted by atomic mass is 10.1. The Morgan fingerprint density at radius 1 is 0.897 bits per heavy atom. The molecule has 0 amide bonds. The molecule has 0 fully saturated rings. The van der Waals surface area contributed by atoms with Gasteiger partial charge in [-0.05, 0) is 49.2 Å². The number of halogens is 2. The van der Waals surface area contributed by atoms with Gasteiger partial charge in [0.1, 0.15) is 5.69 Å². The molecule has 0 aliphatic heterocycles. The predicted molar refractivity (Wildman–Crippen MR) is 119 cm³/mol. The SMILES string of the molecule is O=C(O)CCCCCCSc1nc(-c2ccc(Cl)cc2)c(-c2ccc(Cl)cc2)o1. The highest BCUT2D eigenvalue weighted by Crippen LogP contribution is 2.36. The van der Waals surface area contributed by atoms with E-state index in [0.717, 1.165) is 48.3 Å². The number of rotatable bonds is 10. The van der Waals surface area contributed by atoms with Crippen molar-refractivity contribution in [2.45, 2.75) is 37.3 Å². The highest BCUT2D eigenvalue weighted by Gasteiger charge is 2.17. The summed E-state index contributed by atoms with van der Waals surface area (Å²) in [7, 11) is 0. The van der Waals surface area contributed by atoms with Crippen LogP contribution in [0.5, 0.6) is 0 Å². The molecule has 0 aliphatic rings. The summed E-state index contributed by atoms with van der Waals surface area (Å²) >= 11 is 13.6. The number of nitrogens with zero attached hydrogens (tertiary/aromatic N) is 1. The molecule has 0 bridgehead atoms. The van der Waals surface area contributed by atoms with E-state index in [9.17, 15) is 4.79 Å². The zero-order chi connectivity index (χ0) is 20.6. The second kappa shape index (κ2) is 10.7. The second-order valence-corrected chi connectivity index (χ2v) is 8.50. The van der Waals surface area contributed by atoms with E-state index in [2.05, 4.69) is 0 Å². The van der Waals surface area contributed by atoms with Crippen molar-refractivity contribution in [1.29, 1.82) is 0 Å². The van der Waals surface area contributed by atoms with Crippen molar-refractivity contribution in [2.24, 2.45) is 0 Å². The summed E-state index contributed by atoms with van der Waals surface area (Å²) in [5.41, 5.74) is 2.61. The Morgan fingerprint density at radius 3 is 2.10 bits per heavy atom. The Balaban J connectivity index is 1.70.